The number of ether oxygens (including phenoxy) is 2. The van der Waals surface area contributed by atoms with Crippen LogP contribution >= 0.6 is 11.8 Å². The van der Waals surface area contributed by atoms with E-state index in [0.717, 1.165) is 32.1 Å². The highest BCUT2D eigenvalue weighted by atomic mass is 32.2. The Hall–Kier alpha value is -0.550. The van der Waals surface area contributed by atoms with E-state index in [4.69, 9.17) is 9.47 Å². The first-order valence-corrected chi connectivity index (χ1v) is 8.05. The molecule has 0 heterocycles. The maximum absolute atomic E-state index is 5.71. The summed E-state index contributed by atoms with van der Waals surface area (Å²) in [6.45, 7) is 9.57. The Morgan fingerprint density at radius 3 is 2.40 bits per heavy atom. The predicted octanol–water partition coefficient (Wildman–Crippen LogP) is 3.33. The second-order valence-corrected chi connectivity index (χ2v) is 6.79. The van der Waals surface area contributed by atoms with E-state index >= 15 is 0 Å². The smallest absolute Gasteiger partial charge is 0.0598 e. The van der Waals surface area contributed by atoms with Gasteiger partial charge in [-0.15, -0.1) is 11.8 Å². The summed E-state index contributed by atoms with van der Waals surface area (Å²) >= 11 is 1.84. The van der Waals surface area contributed by atoms with Crippen LogP contribution in [0.2, 0.25) is 0 Å². The van der Waals surface area contributed by atoms with Crippen molar-refractivity contribution in [3.8, 4) is 0 Å². The molecule has 0 aliphatic carbocycles. The van der Waals surface area contributed by atoms with Crippen LogP contribution in [0.3, 0.4) is 0 Å². The molecule has 0 fully saturated rings. The third-order valence-electron chi connectivity index (χ3n) is 2.62. The zero-order chi connectivity index (χ0) is 14.8. The molecule has 0 aromatic heterocycles. The van der Waals surface area contributed by atoms with Crippen molar-refractivity contribution in [2.24, 2.45) is 0 Å². The third kappa shape index (κ3) is 8.59. The summed E-state index contributed by atoms with van der Waals surface area (Å²) in [5, 5.41) is 3.34. The molecule has 0 radical (unpaired) electrons. The van der Waals surface area contributed by atoms with Crippen LogP contribution < -0.4 is 5.32 Å². The van der Waals surface area contributed by atoms with Crippen molar-refractivity contribution in [1.82, 2.24) is 5.32 Å². The first kappa shape index (κ1) is 17.5. The number of benzene rings is 1. The fraction of sp³-hybridized carbons (Fsp3) is 0.625. The molecule has 0 atom stereocenters. The molecule has 0 bridgehead atoms. The Kier molecular flexibility index (Phi) is 8.22. The predicted molar refractivity (Wildman–Crippen MR) is 86.5 cm³/mol. The zero-order valence-corrected chi connectivity index (χ0v) is 13.9. The molecule has 3 nitrogen and oxygen atoms in total. The minimum Gasteiger partial charge on any atom is -0.383 e. The molecule has 20 heavy (non-hydrogen) atoms. The maximum atomic E-state index is 5.71. The van der Waals surface area contributed by atoms with E-state index in [9.17, 15) is 0 Å². The van der Waals surface area contributed by atoms with Gasteiger partial charge in [0.2, 0.25) is 0 Å². The van der Waals surface area contributed by atoms with Crippen LogP contribution in [0.15, 0.2) is 29.2 Å². The molecule has 0 aliphatic rings. The summed E-state index contributed by atoms with van der Waals surface area (Å²) in [5.74, 6) is 0.989. The van der Waals surface area contributed by atoms with E-state index in [1.54, 1.807) is 7.11 Å². The van der Waals surface area contributed by atoms with E-state index in [2.05, 4.69) is 50.4 Å². The average Bonchev–Trinajstić information content (AvgIpc) is 2.40. The molecular formula is C16H27NO2S. The fourth-order valence-electron chi connectivity index (χ4n) is 1.62. The lowest BCUT2D eigenvalue weighted by molar-refractivity contribution is 0.00695. The van der Waals surface area contributed by atoms with Crippen LogP contribution in [-0.4, -0.2) is 38.2 Å². The van der Waals surface area contributed by atoms with Gasteiger partial charge in [-0.05, 0) is 38.5 Å². The minimum absolute atomic E-state index is 0.0434. The number of nitrogens with one attached hydrogen (secondary N) is 1. The van der Waals surface area contributed by atoms with Crippen LogP contribution in [0.4, 0.5) is 0 Å². The highest BCUT2D eigenvalue weighted by Crippen LogP contribution is 2.19. The summed E-state index contributed by atoms with van der Waals surface area (Å²) < 4.78 is 10.7. The Labute approximate surface area is 127 Å². The van der Waals surface area contributed by atoms with Gasteiger partial charge in [0.1, 0.15) is 0 Å². The van der Waals surface area contributed by atoms with Crippen molar-refractivity contribution in [1.29, 1.82) is 0 Å². The standard InChI is InChI=1S/C16H27NO2S/c1-16(2,3)19-11-12-20-15-7-5-14(6-8-15)13-17-9-10-18-4/h5-8,17H,9-13H2,1-4H3. The summed E-state index contributed by atoms with van der Waals surface area (Å²) in [5.41, 5.74) is 1.26. The monoisotopic (exact) mass is 297 g/mol. The molecule has 1 rings (SSSR count). The van der Waals surface area contributed by atoms with Crippen LogP contribution in [0.1, 0.15) is 26.3 Å². The van der Waals surface area contributed by atoms with E-state index in [0.29, 0.717) is 0 Å². The lowest BCUT2D eigenvalue weighted by Crippen LogP contribution is -2.20. The zero-order valence-electron chi connectivity index (χ0n) is 13.1. The van der Waals surface area contributed by atoms with Gasteiger partial charge >= 0.3 is 0 Å². The molecule has 0 saturated heterocycles. The van der Waals surface area contributed by atoms with Crippen LogP contribution in [0.25, 0.3) is 0 Å². The molecule has 1 aromatic carbocycles. The van der Waals surface area contributed by atoms with Gasteiger partial charge in [0, 0.05) is 30.8 Å². The maximum Gasteiger partial charge on any atom is 0.0598 e. The Bertz CT molecular complexity index is 360. The van der Waals surface area contributed by atoms with Crippen LogP contribution in [0, 0.1) is 0 Å². The molecule has 0 unspecified atom stereocenters. The lowest BCUT2D eigenvalue weighted by Gasteiger charge is -2.19. The normalized spacial score (nSPS) is 11.8. The van der Waals surface area contributed by atoms with Gasteiger partial charge in [-0.1, -0.05) is 12.1 Å². The van der Waals surface area contributed by atoms with Gasteiger partial charge in [-0.25, -0.2) is 0 Å². The molecule has 1 aromatic rings. The number of thioether (sulfide) groups is 1. The largest absolute Gasteiger partial charge is 0.383 e. The van der Waals surface area contributed by atoms with E-state index in [-0.39, 0.29) is 5.60 Å². The Balaban J connectivity index is 2.21. The summed E-state index contributed by atoms with van der Waals surface area (Å²) in [6, 6.07) is 8.70. The van der Waals surface area contributed by atoms with Gasteiger partial charge in [0.15, 0.2) is 0 Å². The van der Waals surface area contributed by atoms with Crippen LogP contribution in [0.5, 0.6) is 0 Å². The fourth-order valence-corrected chi connectivity index (χ4v) is 2.35. The second kappa shape index (κ2) is 9.40. The van der Waals surface area contributed by atoms with Crippen molar-refractivity contribution >= 4 is 11.8 Å². The van der Waals surface area contributed by atoms with Crippen molar-refractivity contribution in [2.45, 2.75) is 37.8 Å². The van der Waals surface area contributed by atoms with Gasteiger partial charge < -0.3 is 14.8 Å². The molecule has 1 N–H and O–H groups in total. The molecule has 0 amide bonds. The molecule has 0 spiro atoms. The Morgan fingerprint density at radius 2 is 1.80 bits per heavy atom. The quantitative estimate of drug-likeness (QED) is 0.559. The summed E-state index contributed by atoms with van der Waals surface area (Å²) in [4.78, 5) is 1.29. The van der Waals surface area contributed by atoms with E-state index in [1.165, 1.54) is 10.5 Å². The Morgan fingerprint density at radius 1 is 1.10 bits per heavy atom. The highest BCUT2D eigenvalue weighted by Gasteiger charge is 2.09. The molecule has 4 heteroatoms. The van der Waals surface area contributed by atoms with E-state index < -0.39 is 0 Å². The molecule has 0 saturated carbocycles. The summed E-state index contributed by atoms with van der Waals surface area (Å²) in [7, 11) is 1.72. The van der Waals surface area contributed by atoms with Gasteiger partial charge in [0.25, 0.3) is 0 Å². The average molecular weight is 297 g/mol. The van der Waals surface area contributed by atoms with Gasteiger partial charge in [-0.2, -0.15) is 0 Å². The first-order chi connectivity index (χ1) is 9.51. The van der Waals surface area contributed by atoms with Gasteiger partial charge in [-0.3, -0.25) is 0 Å². The SMILES string of the molecule is COCCNCc1ccc(SCCOC(C)(C)C)cc1. The number of hydrogen-bond acceptors (Lipinski definition) is 4. The second-order valence-electron chi connectivity index (χ2n) is 5.62. The minimum atomic E-state index is -0.0434. The van der Waals surface area contributed by atoms with Gasteiger partial charge in [0.05, 0.1) is 18.8 Å². The van der Waals surface area contributed by atoms with Crippen molar-refractivity contribution in [3.05, 3.63) is 29.8 Å². The van der Waals surface area contributed by atoms with Crippen molar-refractivity contribution in [2.75, 3.05) is 32.6 Å². The lowest BCUT2D eigenvalue weighted by atomic mass is 10.2. The van der Waals surface area contributed by atoms with E-state index in [1.807, 2.05) is 11.8 Å². The van der Waals surface area contributed by atoms with Crippen LogP contribution in [-0.2, 0) is 16.0 Å². The number of rotatable bonds is 9. The number of methoxy groups -OCH3 is 1. The molecule has 0 aliphatic heterocycles. The summed E-state index contributed by atoms with van der Waals surface area (Å²) in [6.07, 6.45) is 0. The van der Waals surface area contributed by atoms with Crippen molar-refractivity contribution in [3.63, 3.8) is 0 Å². The number of hydrogen-bond donors (Lipinski definition) is 1. The molecular weight excluding hydrogens is 270 g/mol. The van der Waals surface area contributed by atoms with Crippen molar-refractivity contribution < 1.29 is 9.47 Å². The molecule has 114 valence electrons. The first-order valence-electron chi connectivity index (χ1n) is 7.06. The topological polar surface area (TPSA) is 30.5 Å². The third-order valence-corrected chi connectivity index (χ3v) is 3.60. The highest BCUT2D eigenvalue weighted by molar-refractivity contribution is 7.99.